The zero-order chi connectivity index (χ0) is 9.68. The van der Waals surface area contributed by atoms with Gasteiger partial charge in [0.2, 0.25) is 0 Å². The average Bonchev–Trinajstić information content (AvgIpc) is 2.15. The number of likely N-dealkylation sites (tertiary alicyclic amines) is 1. The second-order valence-corrected chi connectivity index (χ2v) is 3.38. The van der Waals surface area contributed by atoms with Crippen molar-refractivity contribution in [1.82, 2.24) is 4.90 Å². The summed E-state index contributed by atoms with van der Waals surface area (Å²) in [5.41, 5.74) is 0. The number of methoxy groups -OCH3 is 1. The van der Waals surface area contributed by atoms with Crippen molar-refractivity contribution in [2.75, 3.05) is 26.8 Å². The maximum Gasteiger partial charge on any atom is 0.320 e. The van der Waals surface area contributed by atoms with Crippen molar-refractivity contribution in [3.8, 4) is 0 Å². The molecule has 1 fully saturated rings. The summed E-state index contributed by atoms with van der Waals surface area (Å²) in [7, 11) is 1.64. The minimum Gasteiger partial charge on any atom is -0.480 e. The first-order valence-corrected chi connectivity index (χ1v) is 4.71. The Kier molecular flexibility index (Phi) is 4.18. The fourth-order valence-electron chi connectivity index (χ4n) is 1.75. The number of carboxylic acid groups (broad SMARTS) is 1. The van der Waals surface area contributed by atoms with E-state index in [1.807, 2.05) is 4.90 Å². The zero-order valence-corrected chi connectivity index (χ0v) is 8.03. The Morgan fingerprint density at radius 1 is 1.62 bits per heavy atom. The van der Waals surface area contributed by atoms with E-state index in [0.717, 1.165) is 32.4 Å². The van der Waals surface area contributed by atoms with Crippen molar-refractivity contribution in [2.24, 2.45) is 0 Å². The summed E-state index contributed by atoms with van der Waals surface area (Å²) in [6.07, 6.45) is 2.91. The minimum absolute atomic E-state index is 0.288. The van der Waals surface area contributed by atoms with Crippen LogP contribution in [0.25, 0.3) is 0 Å². The van der Waals surface area contributed by atoms with E-state index in [1.54, 1.807) is 7.11 Å². The third-order valence-electron chi connectivity index (χ3n) is 2.48. The number of ether oxygens (including phenoxy) is 1. The van der Waals surface area contributed by atoms with E-state index >= 15 is 0 Å². The molecule has 0 radical (unpaired) electrons. The maximum absolute atomic E-state index is 10.8. The molecule has 0 saturated carbocycles. The Labute approximate surface area is 78.5 Å². The van der Waals surface area contributed by atoms with Crippen LogP contribution in [0, 0.1) is 0 Å². The molecule has 4 heteroatoms. The lowest BCUT2D eigenvalue weighted by Crippen LogP contribution is -2.45. The summed E-state index contributed by atoms with van der Waals surface area (Å²) < 4.78 is 4.94. The minimum atomic E-state index is -0.698. The SMILES string of the molecule is COCCN1CCCCC1C(=O)O. The van der Waals surface area contributed by atoms with Crippen molar-refractivity contribution in [2.45, 2.75) is 25.3 Å². The molecule has 0 spiro atoms. The Hall–Kier alpha value is -0.610. The highest BCUT2D eigenvalue weighted by molar-refractivity contribution is 5.73. The van der Waals surface area contributed by atoms with E-state index in [1.165, 1.54) is 0 Å². The van der Waals surface area contributed by atoms with Crippen molar-refractivity contribution in [1.29, 1.82) is 0 Å². The molecule has 1 heterocycles. The summed E-state index contributed by atoms with van der Waals surface area (Å²) in [5.74, 6) is -0.698. The van der Waals surface area contributed by atoms with E-state index in [-0.39, 0.29) is 6.04 Å². The van der Waals surface area contributed by atoms with Crippen molar-refractivity contribution >= 4 is 5.97 Å². The fourth-order valence-corrected chi connectivity index (χ4v) is 1.75. The number of carbonyl (C=O) groups is 1. The Bertz CT molecular complexity index is 172. The molecule has 13 heavy (non-hydrogen) atoms. The van der Waals surface area contributed by atoms with Gasteiger partial charge in [-0.15, -0.1) is 0 Å². The smallest absolute Gasteiger partial charge is 0.320 e. The summed E-state index contributed by atoms with van der Waals surface area (Å²) in [4.78, 5) is 12.8. The highest BCUT2D eigenvalue weighted by atomic mass is 16.5. The van der Waals surface area contributed by atoms with E-state index < -0.39 is 5.97 Å². The molecule has 0 aromatic rings. The summed E-state index contributed by atoms with van der Waals surface area (Å²) in [6, 6.07) is -0.288. The van der Waals surface area contributed by atoms with Gasteiger partial charge in [0, 0.05) is 13.7 Å². The van der Waals surface area contributed by atoms with Crippen molar-refractivity contribution < 1.29 is 14.6 Å². The second-order valence-electron chi connectivity index (χ2n) is 3.38. The molecule has 1 unspecified atom stereocenters. The van der Waals surface area contributed by atoms with Crippen LogP contribution >= 0.6 is 0 Å². The standard InChI is InChI=1S/C9H17NO3/c1-13-7-6-10-5-3-2-4-8(10)9(11)12/h8H,2-7H2,1H3,(H,11,12). The van der Waals surface area contributed by atoms with E-state index in [4.69, 9.17) is 9.84 Å². The molecule has 0 aliphatic carbocycles. The predicted molar refractivity (Wildman–Crippen MR) is 48.7 cm³/mol. The highest BCUT2D eigenvalue weighted by Gasteiger charge is 2.27. The van der Waals surface area contributed by atoms with E-state index in [9.17, 15) is 4.79 Å². The van der Waals surface area contributed by atoms with Gasteiger partial charge in [-0.25, -0.2) is 0 Å². The van der Waals surface area contributed by atoms with Gasteiger partial charge in [0.05, 0.1) is 6.61 Å². The molecule has 0 aromatic carbocycles. The first-order chi connectivity index (χ1) is 6.25. The molecular formula is C9H17NO3. The van der Waals surface area contributed by atoms with Crippen LogP contribution in [0.2, 0.25) is 0 Å². The molecule has 1 rings (SSSR count). The van der Waals surface area contributed by atoms with Crippen molar-refractivity contribution in [3.63, 3.8) is 0 Å². The summed E-state index contributed by atoms with van der Waals surface area (Å²) in [6.45, 7) is 2.23. The number of hydrogen-bond acceptors (Lipinski definition) is 3. The molecule has 0 bridgehead atoms. The van der Waals surface area contributed by atoms with Gasteiger partial charge in [-0.2, -0.15) is 0 Å². The molecule has 76 valence electrons. The topological polar surface area (TPSA) is 49.8 Å². The lowest BCUT2D eigenvalue weighted by molar-refractivity contribution is -0.144. The molecule has 1 saturated heterocycles. The molecule has 0 aromatic heterocycles. The molecule has 1 atom stereocenters. The first-order valence-electron chi connectivity index (χ1n) is 4.71. The van der Waals surface area contributed by atoms with Crippen LogP contribution in [-0.4, -0.2) is 48.8 Å². The van der Waals surface area contributed by atoms with Crippen LogP contribution < -0.4 is 0 Å². The van der Waals surface area contributed by atoms with Crippen LogP contribution in [0.15, 0.2) is 0 Å². The number of carboxylic acids is 1. The Balaban J connectivity index is 2.41. The molecular weight excluding hydrogens is 170 g/mol. The van der Waals surface area contributed by atoms with Gasteiger partial charge >= 0.3 is 5.97 Å². The molecule has 1 aliphatic rings. The molecule has 1 aliphatic heterocycles. The number of aliphatic carboxylic acids is 1. The first kappa shape index (κ1) is 10.5. The Morgan fingerprint density at radius 2 is 2.38 bits per heavy atom. The largest absolute Gasteiger partial charge is 0.480 e. The third kappa shape index (κ3) is 2.97. The van der Waals surface area contributed by atoms with Crippen LogP contribution in [0.1, 0.15) is 19.3 Å². The third-order valence-corrected chi connectivity index (χ3v) is 2.48. The van der Waals surface area contributed by atoms with Crippen LogP contribution in [0.5, 0.6) is 0 Å². The fraction of sp³-hybridized carbons (Fsp3) is 0.889. The number of rotatable bonds is 4. The average molecular weight is 187 g/mol. The quantitative estimate of drug-likeness (QED) is 0.699. The number of piperidine rings is 1. The van der Waals surface area contributed by atoms with Crippen molar-refractivity contribution in [3.05, 3.63) is 0 Å². The second kappa shape index (κ2) is 5.19. The molecule has 4 nitrogen and oxygen atoms in total. The zero-order valence-electron chi connectivity index (χ0n) is 8.03. The number of hydrogen-bond donors (Lipinski definition) is 1. The maximum atomic E-state index is 10.8. The van der Waals surface area contributed by atoms with Gasteiger partial charge in [-0.05, 0) is 19.4 Å². The lowest BCUT2D eigenvalue weighted by atomic mass is 10.0. The van der Waals surface area contributed by atoms with Crippen LogP contribution in [0.3, 0.4) is 0 Å². The Morgan fingerprint density at radius 3 is 3.00 bits per heavy atom. The predicted octanol–water partition coefficient (Wildman–Crippen LogP) is 0.572. The normalized spacial score (nSPS) is 24.5. The van der Waals surface area contributed by atoms with Gasteiger partial charge < -0.3 is 9.84 Å². The van der Waals surface area contributed by atoms with Gasteiger partial charge in [0.1, 0.15) is 6.04 Å². The van der Waals surface area contributed by atoms with E-state index in [0.29, 0.717) is 6.61 Å². The van der Waals surface area contributed by atoms with Gasteiger partial charge in [-0.3, -0.25) is 9.69 Å². The van der Waals surface area contributed by atoms with Crippen LogP contribution in [0.4, 0.5) is 0 Å². The highest BCUT2D eigenvalue weighted by Crippen LogP contribution is 2.16. The van der Waals surface area contributed by atoms with Crippen LogP contribution in [-0.2, 0) is 9.53 Å². The molecule has 1 N–H and O–H groups in total. The van der Waals surface area contributed by atoms with E-state index in [2.05, 4.69) is 0 Å². The van der Waals surface area contributed by atoms with Gasteiger partial charge in [-0.1, -0.05) is 6.42 Å². The summed E-state index contributed by atoms with van der Waals surface area (Å²) in [5, 5.41) is 8.93. The lowest BCUT2D eigenvalue weighted by Gasteiger charge is -2.32. The van der Waals surface area contributed by atoms with Gasteiger partial charge in [0.25, 0.3) is 0 Å². The summed E-state index contributed by atoms with van der Waals surface area (Å²) >= 11 is 0. The number of nitrogens with zero attached hydrogens (tertiary/aromatic N) is 1. The monoisotopic (exact) mass is 187 g/mol. The van der Waals surface area contributed by atoms with Gasteiger partial charge in [0.15, 0.2) is 0 Å². The molecule has 0 amide bonds.